The zero-order chi connectivity index (χ0) is 23.3. The third-order valence-electron chi connectivity index (χ3n) is 5.38. The fraction of sp³-hybridized carbons (Fsp3) is 0.250. The molecule has 1 fully saturated rings. The van der Waals surface area contributed by atoms with Crippen LogP contribution in [0, 0.1) is 19.8 Å². The zero-order valence-electron chi connectivity index (χ0n) is 17.5. The van der Waals surface area contributed by atoms with Gasteiger partial charge in [0.15, 0.2) is 11.5 Å². The Hall–Kier alpha value is -4.13. The van der Waals surface area contributed by atoms with Crippen LogP contribution in [-0.4, -0.2) is 54.1 Å². The van der Waals surface area contributed by atoms with E-state index in [9.17, 15) is 19.5 Å². The van der Waals surface area contributed by atoms with Crippen molar-refractivity contribution in [2.75, 3.05) is 23.3 Å². The third kappa shape index (κ3) is 3.61. The minimum absolute atomic E-state index is 0.172. The maximum absolute atomic E-state index is 12.8. The minimum Gasteiger partial charge on any atom is -0.477 e. The van der Waals surface area contributed by atoms with Crippen LogP contribution in [0.3, 0.4) is 0 Å². The van der Waals surface area contributed by atoms with E-state index in [4.69, 9.17) is 4.52 Å². The normalized spacial score (nSPS) is 13.8. The molecular formula is C20H17N7O5S. The molecule has 1 amide bonds. The standard InChI is InChI=1S/C20H17N7O5S/c1-9-3-14(26-5-11(6-26)18(29)23-13-4-10(2)32-25-13)24-17-15(9)16(28)12(19(30)31)7-27(17)20-21-8-22-33-20/h3-4,7-8,11H,5-6H2,1-2H3,(H,30,31)(H,23,25,29). The number of hydrogen-bond donors (Lipinski definition) is 2. The van der Waals surface area contributed by atoms with Crippen LogP contribution < -0.4 is 15.6 Å². The summed E-state index contributed by atoms with van der Waals surface area (Å²) < 4.78 is 10.4. The van der Waals surface area contributed by atoms with E-state index in [2.05, 4.69) is 24.8 Å². The Morgan fingerprint density at radius 3 is 2.70 bits per heavy atom. The van der Waals surface area contributed by atoms with Gasteiger partial charge >= 0.3 is 5.97 Å². The molecule has 13 heteroatoms. The lowest BCUT2D eigenvalue weighted by molar-refractivity contribution is -0.120. The first-order valence-corrected chi connectivity index (χ1v) is 10.7. The van der Waals surface area contributed by atoms with E-state index in [1.165, 1.54) is 17.1 Å². The quantitative estimate of drug-likeness (QED) is 0.442. The predicted octanol–water partition coefficient (Wildman–Crippen LogP) is 1.62. The number of nitrogens with zero attached hydrogens (tertiary/aromatic N) is 6. The highest BCUT2D eigenvalue weighted by Crippen LogP contribution is 2.28. The third-order valence-corrected chi connectivity index (χ3v) is 6.05. The largest absolute Gasteiger partial charge is 0.477 e. The van der Waals surface area contributed by atoms with Gasteiger partial charge in [-0.15, -0.1) is 0 Å². The molecule has 0 unspecified atom stereocenters. The van der Waals surface area contributed by atoms with E-state index >= 15 is 0 Å². The summed E-state index contributed by atoms with van der Waals surface area (Å²) in [7, 11) is 0. The van der Waals surface area contributed by atoms with Gasteiger partial charge in [-0.3, -0.25) is 14.2 Å². The summed E-state index contributed by atoms with van der Waals surface area (Å²) >= 11 is 1.05. The Bertz CT molecular complexity index is 1450. The SMILES string of the molecule is Cc1cc(NC(=O)C2CN(c3cc(C)c4c(=O)c(C(=O)O)cn(-c5ncns5)c4n3)C2)no1. The molecule has 4 aromatic heterocycles. The Labute approximate surface area is 189 Å². The van der Waals surface area contributed by atoms with Gasteiger partial charge in [-0.05, 0) is 25.5 Å². The monoisotopic (exact) mass is 467 g/mol. The molecule has 0 atom stereocenters. The molecule has 5 rings (SSSR count). The Morgan fingerprint density at radius 2 is 2.06 bits per heavy atom. The highest BCUT2D eigenvalue weighted by molar-refractivity contribution is 7.08. The van der Waals surface area contributed by atoms with Crippen LogP contribution in [0.4, 0.5) is 11.6 Å². The van der Waals surface area contributed by atoms with E-state index in [-0.39, 0.29) is 28.4 Å². The highest BCUT2D eigenvalue weighted by Gasteiger charge is 2.34. The second kappa shape index (κ2) is 7.78. The van der Waals surface area contributed by atoms with Crippen LogP contribution in [-0.2, 0) is 4.79 Å². The van der Waals surface area contributed by atoms with Gasteiger partial charge in [-0.1, -0.05) is 5.16 Å². The Kier molecular flexibility index (Phi) is 4.89. The van der Waals surface area contributed by atoms with E-state index in [0.717, 1.165) is 11.5 Å². The van der Waals surface area contributed by atoms with Gasteiger partial charge in [0, 0.05) is 36.9 Å². The second-order valence-electron chi connectivity index (χ2n) is 7.68. The number of aryl methyl sites for hydroxylation is 2. The van der Waals surface area contributed by atoms with Crippen LogP contribution in [0.15, 0.2) is 34.0 Å². The molecule has 5 heterocycles. The molecule has 0 aromatic carbocycles. The van der Waals surface area contributed by atoms with Gasteiger partial charge in [-0.2, -0.15) is 4.37 Å². The van der Waals surface area contributed by atoms with Crippen molar-refractivity contribution >= 4 is 46.1 Å². The van der Waals surface area contributed by atoms with Crippen LogP contribution in [0.1, 0.15) is 21.7 Å². The molecule has 12 nitrogen and oxygen atoms in total. The van der Waals surface area contributed by atoms with E-state index in [1.807, 2.05) is 4.90 Å². The van der Waals surface area contributed by atoms with Gasteiger partial charge in [0.1, 0.15) is 23.5 Å². The Morgan fingerprint density at radius 1 is 1.27 bits per heavy atom. The molecule has 2 N–H and O–H groups in total. The lowest BCUT2D eigenvalue weighted by Crippen LogP contribution is -2.52. The smallest absolute Gasteiger partial charge is 0.341 e. The summed E-state index contributed by atoms with van der Waals surface area (Å²) in [4.78, 5) is 47.6. The van der Waals surface area contributed by atoms with E-state index < -0.39 is 11.4 Å². The predicted molar refractivity (Wildman–Crippen MR) is 118 cm³/mol. The first-order chi connectivity index (χ1) is 15.8. The topological polar surface area (TPSA) is 156 Å². The van der Waals surface area contributed by atoms with Crippen LogP contribution in [0.5, 0.6) is 0 Å². The van der Waals surface area contributed by atoms with Crippen LogP contribution in [0.2, 0.25) is 0 Å². The van der Waals surface area contributed by atoms with Crippen LogP contribution in [0.25, 0.3) is 16.2 Å². The number of hydrogen-bond acceptors (Lipinski definition) is 10. The van der Waals surface area contributed by atoms with Crippen molar-refractivity contribution in [2.45, 2.75) is 13.8 Å². The van der Waals surface area contributed by atoms with Gasteiger partial charge in [-0.25, -0.2) is 14.8 Å². The van der Waals surface area contributed by atoms with Crippen molar-refractivity contribution in [3.05, 3.63) is 51.8 Å². The van der Waals surface area contributed by atoms with Crippen molar-refractivity contribution in [3.63, 3.8) is 0 Å². The first kappa shape index (κ1) is 20.8. The number of carbonyl (C=O) groups excluding carboxylic acids is 1. The molecule has 0 saturated carbocycles. The van der Waals surface area contributed by atoms with Crippen molar-refractivity contribution in [1.29, 1.82) is 0 Å². The molecule has 0 bridgehead atoms. The summed E-state index contributed by atoms with van der Waals surface area (Å²) in [6.45, 7) is 4.32. The van der Waals surface area contributed by atoms with Gasteiger partial charge < -0.3 is 19.8 Å². The maximum Gasteiger partial charge on any atom is 0.341 e. The van der Waals surface area contributed by atoms with E-state index in [1.54, 1.807) is 26.0 Å². The first-order valence-electron chi connectivity index (χ1n) is 9.88. The zero-order valence-corrected chi connectivity index (χ0v) is 18.3. The summed E-state index contributed by atoms with van der Waals surface area (Å²) in [5.74, 6) is -0.229. The van der Waals surface area contributed by atoms with Crippen molar-refractivity contribution in [1.82, 2.24) is 24.1 Å². The van der Waals surface area contributed by atoms with Crippen molar-refractivity contribution in [3.8, 4) is 5.13 Å². The number of pyridine rings is 2. The summed E-state index contributed by atoms with van der Waals surface area (Å²) in [5, 5.41) is 16.6. The van der Waals surface area contributed by atoms with Crippen molar-refractivity contribution < 1.29 is 19.2 Å². The average Bonchev–Trinajstić information content (AvgIpc) is 3.38. The van der Waals surface area contributed by atoms with Gasteiger partial charge in [0.05, 0.1) is 11.3 Å². The molecule has 1 aliphatic rings. The molecule has 0 aliphatic carbocycles. The van der Waals surface area contributed by atoms with Gasteiger partial charge in [0.2, 0.25) is 16.5 Å². The van der Waals surface area contributed by atoms with Gasteiger partial charge in [0.25, 0.3) is 0 Å². The fourth-order valence-corrected chi connectivity index (χ4v) is 4.21. The second-order valence-corrected chi connectivity index (χ2v) is 8.44. The molecule has 0 radical (unpaired) electrons. The number of fused-ring (bicyclic) bond motifs is 1. The molecule has 1 saturated heterocycles. The summed E-state index contributed by atoms with van der Waals surface area (Å²) in [6, 6.07) is 3.36. The Balaban J connectivity index is 1.48. The number of aromatic nitrogens is 5. The lowest BCUT2D eigenvalue weighted by atomic mass is 9.98. The average molecular weight is 467 g/mol. The number of rotatable bonds is 5. The maximum atomic E-state index is 12.8. The molecule has 33 heavy (non-hydrogen) atoms. The molecule has 1 aliphatic heterocycles. The molecule has 168 valence electrons. The number of anilines is 2. The van der Waals surface area contributed by atoms with E-state index in [0.29, 0.717) is 41.2 Å². The molecular weight excluding hydrogens is 450 g/mol. The molecule has 0 spiro atoms. The number of nitrogens with one attached hydrogen (secondary N) is 1. The fourth-order valence-electron chi connectivity index (χ4n) is 3.70. The highest BCUT2D eigenvalue weighted by atomic mass is 32.1. The minimum atomic E-state index is -1.33. The summed E-state index contributed by atoms with van der Waals surface area (Å²) in [5.41, 5.74) is -0.132. The van der Waals surface area contributed by atoms with Crippen molar-refractivity contribution in [2.24, 2.45) is 5.92 Å². The number of aromatic carboxylic acids is 1. The van der Waals surface area contributed by atoms with Crippen LogP contribution >= 0.6 is 11.5 Å². The number of amides is 1. The number of carbonyl (C=O) groups is 2. The molecule has 4 aromatic rings. The summed E-state index contributed by atoms with van der Waals surface area (Å²) in [6.07, 6.45) is 2.56. The number of carboxylic acids is 1. The lowest BCUT2D eigenvalue weighted by Gasteiger charge is -2.39. The number of carboxylic acid groups (broad SMARTS) is 1.